The fourth-order valence-corrected chi connectivity index (χ4v) is 1.03. The number of hydrogen-bond acceptors (Lipinski definition) is 2. The molecule has 0 atom stereocenters. The van der Waals surface area contributed by atoms with Crippen molar-refractivity contribution < 1.29 is 4.74 Å². The summed E-state index contributed by atoms with van der Waals surface area (Å²) in [6.07, 6.45) is 2.67. The van der Waals surface area contributed by atoms with Crippen molar-refractivity contribution in [3.8, 4) is 5.75 Å². The van der Waals surface area contributed by atoms with Gasteiger partial charge < -0.3 is 4.74 Å². The fourth-order valence-electron chi connectivity index (χ4n) is 0.923. The Morgan fingerprint density at radius 1 is 1.36 bits per heavy atom. The summed E-state index contributed by atoms with van der Waals surface area (Å²) in [6.45, 7) is 7.29. The molecule has 14 heavy (non-hydrogen) atoms. The summed E-state index contributed by atoms with van der Waals surface area (Å²) in [4.78, 5) is 3.93. The largest absolute Gasteiger partial charge is 0.492 e. The number of nitrogens with zero attached hydrogens (tertiary/aromatic N) is 1. The molecule has 1 heterocycles. The molecule has 0 aliphatic heterocycles. The summed E-state index contributed by atoms with van der Waals surface area (Å²) in [7, 11) is 0. The van der Waals surface area contributed by atoms with E-state index in [0.29, 0.717) is 17.2 Å². The number of halogens is 1. The Kier molecular flexibility index (Phi) is 3.76. The first-order chi connectivity index (χ1) is 6.47. The maximum Gasteiger partial charge on any atom is 0.137 e. The van der Waals surface area contributed by atoms with E-state index in [0.717, 1.165) is 12.2 Å². The number of rotatable bonds is 3. The highest BCUT2D eigenvalue weighted by Crippen LogP contribution is 2.19. The summed E-state index contributed by atoms with van der Waals surface area (Å²) in [5, 5.41) is 0.494. The van der Waals surface area contributed by atoms with Gasteiger partial charge in [-0.2, -0.15) is 0 Å². The van der Waals surface area contributed by atoms with Gasteiger partial charge >= 0.3 is 0 Å². The van der Waals surface area contributed by atoms with Crippen molar-refractivity contribution in [1.82, 2.24) is 4.98 Å². The third-order valence-corrected chi connectivity index (χ3v) is 2.04. The van der Waals surface area contributed by atoms with Crippen molar-refractivity contribution in [3.05, 3.63) is 23.5 Å². The minimum absolute atomic E-state index is 0.305. The average molecular weight is 214 g/mol. The molecule has 3 heteroatoms. The Bertz CT molecular complexity index is 276. The van der Waals surface area contributed by atoms with Crippen LogP contribution in [-0.4, -0.2) is 11.6 Å². The molecule has 2 nitrogen and oxygen atoms in total. The second-order valence-electron chi connectivity index (χ2n) is 4.48. The molecular formula is C11H16ClNO. The first kappa shape index (κ1) is 11.3. The molecule has 1 aromatic heterocycles. The van der Waals surface area contributed by atoms with Crippen LogP contribution in [0.15, 0.2) is 18.3 Å². The minimum atomic E-state index is 0.305. The van der Waals surface area contributed by atoms with Crippen LogP contribution in [0.3, 0.4) is 0 Å². The molecule has 0 spiro atoms. The Labute approximate surface area is 90.3 Å². The smallest absolute Gasteiger partial charge is 0.137 e. The highest BCUT2D eigenvalue weighted by molar-refractivity contribution is 6.29. The lowest BCUT2D eigenvalue weighted by Crippen LogP contribution is -2.11. The Balaban J connectivity index is 2.35. The van der Waals surface area contributed by atoms with Crippen LogP contribution in [0.4, 0.5) is 0 Å². The summed E-state index contributed by atoms with van der Waals surface area (Å²) < 4.78 is 5.52. The molecule has 0 saturated carbocycles. The van der Waals surface area contributed by atoms with Crippen LogP contribution in [0.2, 0.25) is 5.15 Å². The molecule has 0 saturated heterocycles. The van der Waals surface area contributed by atoms with Gasteiger partial charge in [-0.15, -0.1) is 0 Å². The van der Waals surface area contributed by atoms with Gasteiger partial charge in [0.15, 0.2) is 0 Å². The zero-order chi connectivity index (χ0) is 10.6. The van der Waals surface area contributed by atoms with E-state index >= 15 is 0 Å². The Morgan fingerprint density at radius 2 is 2.07 bits per heavy atom. The van der Waals surface area contributed by atoms with Crippen LogP contribution < -0.4 is 4.74 Å². The van der Waals surface area contributed by atoms with E-state index in [1.807, 2.05) is 6.07 Å². The Morgan fingerprint density at radius 3 is 2.57 bits per heavy atom. The summed E-state index contributed by atoms with van der Waals surface area (Å²) in [5.41, 5.74) is 0.305. The van der Waals surface area contributed by atoms with Gasteiger partial charge in [0.05, 0.1) is 12.8 Å². The monoisotopic (exact) mass is 213 g/mol. The highest BCUT2D eigenvalue weighted by Gasteiger charge is 2.09. The van der Waals surface area contributed by atoms with E-state index in [9.17, 15) is 0 Å². The van der Waals surface area contributed by atoms with E-state index in [-0.39, 0.29) is 0 Å². The zero-order valence-electron chi connectivity index (χ0n) is 8.88. The molecule has 1 rings (SSSR count). The molecule has 78 valence electrons. The normalized spacial score (nSPS) is 11.4. The van der Waals surface area contributed by atoms with Crippen molar-refractivity contribution in [1.29, 1.82) is 0 Å². The van der Waals surface area contributed by atoms with Crippen molar-refractivity contribution in [3.63, 3.8) is 0 Å². The molecule has 0 aromatic carbocycles. The van der Waals surface area contributed by atoms with Crippen LogP contribution in [0.1, 0.15) is 27.2 Å². The van der Waals surface area contributed by atoms with Crippen molar-refractivity contribution >= 4 is 11.6 Å². The van der Waals surface area contributed by atoms with E-state index in [4.69, 9.17) is 16.3 Å². The summed E-state index contributed by atoms with van der Waals surface area (Å²) in [6, 6.07) is 3.56. The lowest BCUT2D eigenvalue weighted by Gasteiger charge is -2.17. The van der Waals surface area contributed by atoms with Crippen molar-refractivity contribution in [2.45, 2.75) is 27.2 Å². The third-order valence-electron chi connectivity index (χ3n) is 1.82. The molecular weight excluding hydrogens is 198 g/mol. The second kappa shape index (κ2) is 4.65. The molecule has 0 bridgehead atoms. The van der Waals surface area contributed by atoms with E-state index in [2.05, 4.69) is 25.8 Å². The summed E-state index contributed by atoms with van der Waals surface area (Å²) in [5.74, 6) is 0.777. The van der Waals surface area contributed by atoms with Gasteiger partial charge in [-0.1, -0.05) is 32.4 Å². The molecule has 0 unspecified atom stereocenters. The zero-order valence-corrected chi connectivity index (χ0v) is 9.64. The molecule has 0 aliphatic carbocycles. The van der Waals surface area contributed by atoms with Crippen LogP contribution >= 0.6 is 11.6 Å². The summed E-state index contributed by atoms with van der Waals surface area (Å²) >= 11 is 5.65. The maximum atomic E-state index is 5.65. The molecule has 0 N–H and O–H groups in total. The third kappa shape index (κ3) is 4.47. The number of aromatic nitrogens is 1. The SMILES string of the molecule is CC(C)(C)CCOc1ccc(Cl)nc1. The quantitative estimate of drug-likeness (QED) is 0.717. The number of ether oxygens (including phenoxy) is 1. The minimum Gasteiger partial charge on any atom is -0.492 e. The lowest BCUT2D eigenvalue weighted by molar-refractivity contribution is 0.242. The van der Waals surface area contributed by atoms with Crippen LogP contribution in [-0.2, 0) is 0 Å². The molecule has 0 radical (unpaired) electrons. The van der Waals surface area contributed by atoms with Gasteiger partial charge in [0.2, 0.25) is 0 Å². The molecule has 0 amide bonds. The van der Waals surface area contributed by atoms with Crippen molar-refractivity contribution in [2.75, 3.05) is 6.61 Å². The first-order valence-electron chi connectivity index (χ1n) is 4.72. The van der Waals surface area contributed by atoms with Gasteiger partial charge in [-0.25, -0.2) is 4.98 Å². The molecule has 0 aliphatic rings. The standard InChI is InChI=1S/C11H16ClNO/c1-11(2,3)6-7-14-9-4-5-10(12)13-8-9/h4-5,8H,6-7H2,1-3H3. The lowest BCUT2D eigenvalue weighted by atomic mass is 9.93. The van der Waals surface area contributed by atoms with E-state index < -0.39 is 0 Å². The van der Waals surface area contributed by atoms with Gasteiger partial charge in [0, 0.05) is 0 Å². The molecule has 0 fully saturated rings. The van der Waals surface area contributed by atoms with Gasteiger partial charge in [-0.05, 0) is 24.0 Å². The predicted molar refractivity (Wildman–Crippen MR) is 58.8 cm³/mol. The molecule has 1 aromatic rings. The van der Waals surface area contributed by atoms with Gasteiger partial charge in [0.1, 0.15) is 10.9 Å². The van der Waals surface area contributed by atoms with Crippen LogP contribution in [0, 0.1) is 5.41 Å². The van der Waals surface area contributed by atoms with Crippen LogP contribution in [0.25, 0.3) is 0 Å². The first-order valence-corrected chi connectivity index (χ1v) is 5.09. The second-order valence-corrected chi connectivity index (χ2v) is 4.86. The van der Waals surface area contributed by atoms with E-state index in [1.165, 1.54) is 0 Å². The van der Waals surface area contributed by atoms with Crippen molar-refractivity contribution in [2.24, 2.45) is 5.41 Å². The fraction of sp³-hybridized carbons (Fsp3) is 0.545. The van der Waals surface area contributed by atoms with Gasteiger partial charge in [0.25, 0.3) is 0 Å². The number of hydrogen-bond donors (Lipinski definition) is 0. The number of pyridine rings is 1. The van der Waals surface area contributed by atoms with E-state index in [1.54, 1.807) is 12.3 Å². The van der Waals surface area contributed by atoms with Gasteiger partial charge in [-0.3, -0.25) is 0 Å². The maximum absolute atomic E-state index is 5.65. The highest BCUT2D eigenvalue weighted by atomic mass is 35.5. The average Bonchev–Trinajstić information content (AvgIpc) is 2.06. The topological polar surface area (TPSA) is 22.1 Å². The predicted octanol–water partition coefficient (Wildman–Crippen LogP) is 3.55. The Hall–Kier alpha value is -0.760. The van der Waals surface area contributed by atoms with Crippen LogP contribution in [0.5, 0.6) is 5.75 Å².